The number of anilines is 1. The Kier molecular flexibility index (Phi) is 9.53. The van der Waals surface area contributed by atoms with Crippen LogP contribution in [-0.4, -0.2) is 50.5 Å². The maximum Gasteiger partial charge on any atom is 0.244 e. The summed E-state index contributed by atoms with van der Waals surface area (Å²) in [6, 6.07) is 14.9. The molecule has 0 spiro atoms. The van der Waals surface area contributed by atoms with Gasteiger partial charge in [0.25, 0.3) is 0 Å². The van der Waals surface area contributed by atoms with Crippen LogP contribution in [0.1, 0.15) is 32.3 Å². The Morgan fingerprint density at radius 2 is 1.69 bits per heavy atom. The summed E-state index contributed by atoms with van der Waals surface area (Å²) in [4.78, 5) is 27.5. The van der Waals surface area contributed by atoms with Crippen molar-refractivity contribution in [3.8, 4) is 0 Å². The fraction of sp³-hybridized carbons (Fsp3) is 0.391. The molecule has 9 heteroatoms. The first kappa shape index (κ1) is 25.7. The molecule has 0 radical (unpaired) electrons. The highest BCUT2D eigenvalue weighted by Gasteiger charge is 2.30. The molecule has 32 heavy (non-hydrogen) atoms. The van der Waals surface area contributed by atoms with E-state index in [-0.39, 0.29) is 23.2 Å². The lowest BCUT2D eigenvalue weighted by Crippen LogP contribution is -2.51. The van der Waals surface area contributed by atoms with Crippen LogP contribution >= 0.6 is 11.6 Å². The quantitative estimate of drug-likeness (QED) is 0.500. The smallest absolute Gasteiger partial charge is 0.244 e. The highest BCUT2D eigenvalue weighted by atomic mass is 35.5. The maximum absolute atomic E-state index is 13.4. The van der Waals surface area contributed by atoms with Crippen molar-refractivity contribution in [1.29, 1.82) is 0 Å². The van der Waals surface area contributed by atoms with Gasteiger partial charge in [0, 0.05) is 13.1 Å². The van der Waals surface area contributed by atoms with E-state index in [9.17, 15) is 18.0 Å². The van der Waals surface area contributed by atoms with Gasteiger partial charge in [-0.25, -0.2) is 8.42 Å². The summed E-state index contributed by atoms with van der Waals surface area (Å²) in [7, 11) is -3.80. The number of nitrogens with zero attached hydrogens (tertiary/aromatic N) is 2. The highest BCUT2D eigenvalue weighted by Crippen LogP contribution is 2.27. The Morgan fingerprint density at radius 3 is 2.28 bits per heavy atom. The number of benzene rings is 2. The Bertz CT molecular complexity index is 1010. The zero-order chi connectivity index (χ0) is 23.7. The minimum Gasteiger partial charge on any atom is -0.354 e. The highest BCUT2D eigenvalue weighted by molar-refractivity contribution is 7.92. The zero-order valence-corrected chi connectivity index (χ0v) is 20.2. The number of amides is 2. The number of rotatable bonds is 11. The van der Waals surface area contributed by atoms with Crippen LogP contribution in [0.25, 0.3) is 0 Å². The van der Waals surface area contributed by atoms with E-state index < -0.39 is 28.5 Å². The predicted octanol–water partition coefficient (Wildman–Crippen LogP) is 3.44. The van der Waals surface area contributed by atoms with Gasteiger partial charge in [-0.05, 0) is 31.0 Å². The van der Waals surface area contributed by atoms with Crippen LogP contribution < -0.4 is 9.62 Å². The molecule has 1 N–H and O–H groups in total. The summed E-state index contributed by atoms with van der Waals surface area (Å²) < 4.78 is 26.0. The molecule has 2 rings (SSSR count). The van der Waals surface area contributed by atoms with Crippen LogP contribution in [0.15, 0.2) is 54.6 Å². The minimum absolute atomic E-state index is 0.169. The first-order valence-corrected chi connectivity index (χ1v) is 12.7. The van der Waals surface area contributed by atoms with Crippen molar-refractivity contribution in [2.45, 2.75) is 39.3 Å². The predicted molar refractivity (Wildman–Crippen MR) is 128 cm³/mol. The first-order chi connectivity index (χ1) is 15.1. The molecule has 2 aromatic carbocycles. The van der Waals surface area contributed by atoms with Crippen molar-refractivity contribution in [3.63, 3.8) is 0 Å². The SMILES string of the molecule is CCCCNC(=O)C(C)N(Cc1ccccc1)C(=O)CN(c1ccccc1Cl)S(C)(=O)=O. The third-order valence-corrected chi connectivity index (χ3v) is 6.44. The number of halogens is 1. The molecule has 0 heterocycles. The van der Waals surface area contributed by atoms with E-state index in [0.29, 0.717) is 6.54 Å². The maximum atomic E-state index is 13.4. The van der Waals surface area contributed by atoms with Gasteiger partial charge in [-0.1, -0.05) is 67.4 Å². The first-order valence-electron chi connectivity index (χ1n) is 10.5. The Morgan fingerprint density at radius 1 is 1.06 bits per heavy atom. The lowest BCUT2D eigenvalue weighted by atomic mass is 10.1. The van der Waals surface area contributed by atoms with Crippen LogP contribution in [0.4, 0.5) is 5.69 Å². The number of carbonyl (C=O) groups excluding carboxylic acids is 2. The summed E-state index contributed by atoms with van der Waals surface area (Å²) in [5.74, 6) is -0.788. The number of para-hydroxylation sites is 1. The van der Waals surface area contributed by atoms with Crippen molar-refractivity contribution in [2.75, 3.05) is 23.7 Å². The minimum atomic E-state index is -3.80. The van der Waals surface area contributed by atoms with Crippen molar-refractivity contribution in [1.82, 2.24) is 10.2 Å². The summed E-state index contributed by atoms with van der Waals surface area (Å²) in [5.41, 5.74) is 1.04. The molecule has 0 aliphatic carbocycles. The van der Waals surface area contributed by atoms with Gasteiger partial charge in [0.1, 0.15) is 12.6 Å². The standard InChI is InChI=1S/C23H30ClN3O4S/c1-4-5-15-25-23(29)18(2)26(16-19-11-7-6-8-12-19)22(28)17-27(32(3,30)31)21-14-10-9-13-20(21)24/h6-14,18H,4-5,15-17H2,1-3H3,(H,25,29). The lowest BCUT2D eigenvalue weighted by molar-refractivity contribution is -0.139. The molecule has 174 valence electrons. The second-order valence-electron chi connectivity index (χ2n) is 7.55. The Labute approximate surface area is 195 Å². The van der Waals surface area contributed by atoms with Crippen molar-refractivity contribution >= 4 is 39.1 Å². The Balaban J connectivity index is 2.33. The summed E-state index contributed by atoms with van der Waals surface area (Å²) in [5, 5.41) is 3.06. The number of sulfonamides is 1. The van der Waals surface area contributed by atoms with Gasteiger partial charge >= 0.3 is 0 Å². The summed E-state index contributed by atoms with van der Waals surface area (Å²) in [6.07, 6.45) is 2.79. The van der Waals surface area contributed by atoms with Crippen molar-refractivity contribution in [3.05, 3.63) is 65.2 Å². The molecule has 0 aliphatic rings. The average Bonchev–Trinajstić information content (AvgIpc) is 2.76. The third-order valence-electron chi connectivity index (χ3n) is 4.99. The molecule has 2 aromatic rings. The third kappa shape index (κ3) is 7.24. The van der Waals surface area contributed by atoms with Crippen LogP contribution in [0.5, 0.6) is 0 Å². The van der Waals surface area contributed by atoms with E-state index >= 15 is 0 Å². The van der Waals surface area contributed by atoms with Crippen LogP contribution in [0, 0.1) is 0 Å². The molecular formula is C23H30ClN3O4S. The van der Waals surface area contributed by atoms with Crippen molar-refractivity contribution < 1.29 is 18.0 Å². The van der Waals surface area contributed by atoms with E-state index in [0.717, 1.165) is 29.0 Å². The number of hydrogen-bond donors (Lipinski definition) is 1. The average molecular weight is 480 g/mol. The number of unbranched alkanes of at least 4 members (excludes halogenated alkanes) is 1. The van der Waals surface area contributed by atoms with E-state index in [1.807, 2.05) is 37.3 Å². The van der Waals surface area contributed by atoms with Crippen LogP contribution in [0.3, 0.4) is 0 Å². The topological polar surface area (TPSA) is 86.8 Å². The van der Waals surface area contributed by atoms with Crippen molar-refractivity contribution in [2.24, 2.45) is 0 Å². The fourth-order valence-corrected chi connectivity index (χ4v) is 4.30. The normalized spacial score (nSPS) is 12.1. The zero-order valence-electron chi connectivity index (χ0n) is 18.6. The van der Waals surface area contributed by atoms with Gasteiger partial charge in [-0.3, -0.25) is 13.9 Å². The summed E-state index contributed by atoms with van der Waals surface area (Å²) in [6.45, 7) is 3.88. The number of nitrogens with one attached hydrogen (secondary N) is 1. The Hall–Kier alpha value is -2.58. The van der Waals surface area contributed by atoms with Gasteiger partial charge < -0.3 is 10.2 Å². The van der Waals surface area contributed by atoms with Crippen LogP contribution in [0.2, 0.25) is 5.02 Å². The summed E-state index contributed by atoms with van der Waals surface area (Å²) >= 11 is 6.21. The second kappa shape index (κ2) is 11.9. The van der Waals surface area contributed by atoms with E-state index in [4.69, 9.17) is 11.6 Å². The van der Waals surface area contributed by atoms with Gasteiger partial charge in [0.15, 0.2) is 0 Å². The van der Waals surface area contributed by atoms with E-state index in [1.54, 1.807) is 31.2 Å². The molecule has 0 fully saturated rings. The van der Waals surface area contributed by atoms with Gasteiger partial charge in [0.2, 0.25) is 21.8 Å². The molecule has 1 atom stereocenters. The van der Waals surface area contributed by atoms with Gasteiger partial charge in [-0.15, -0.1) is 0 Å². The molecule has 0 aliphatic heterocycles. The largest absolute Gasteiger partial charge is 0.354 e. The lowest BCUT2D eigenvalue weighted by Gasteiger charge is -2.31. The molecular weight excluding hydrogens is 450 g/mol. The molecule has 0 aromatic heterocycles. The number of carbonyl (C=O) groups is 2. The van der Waals surface area contributed by atoms with Crippen LogP contribution in [-0.2, 0) is 26.2 Å². The molecule has 2 amide bonds. The fourth-order valence-electron chi connectivity index (χ4n) is 3.15. The molecule has 1 unspecified atom stereocenters. The van der Waals surface area contributed by atoms with Gasteiger partial charge in [0.05, 0.1) is 17.0 Å². The molecule has 0 bridgehead atoms. The molecule has 7 nitrogen and oxygen atoms in total. The number of hydrogen-bond acceptors (Lipinski definition) is 4. The monoisotopic (exact) mass is 479 g/mol. The van der Waals surface area contributed by atoms with Gasteiger partial charge in [-0.2, -0.15) is 0 Å². The molecule has 0 saturated heterocycles. The van der Waals surface area contributed by atoms with E-state index in [1.165, 1.54) is 4.90 Å². The molecule has 0 saturated carbocycles. The van der Waals surface area contributed by atoms with E-state index in [2.05, 4.69) is 5.32 Å². The second-order valence-corrected chi connectivity index (χ2v) is 9.86.